The number of hydrogen-bond acceptors (Lipinski definition) is 2. The summed E-state index contributed by atoms with van der Waals surface area (Å²) in [7, 11) is 1.34. The average molecular weight is 244 g/mol. The van der Waals surface area contributed by atoms with Gasteiger partial charge in [-0.05, 0) is 0 Å². The number of alkyl halides is 5. The normalized spacial score (nSPS) is 12.9. The third kappa shape index (κ3) is 2.83. The lowest BCUT2D eigenvalue weighted by Crippen LogP contribution is -2.37. The summed E-state index contributed by atoms with van der Waals surface area (Å²) in [6, 6.07) is 0. The minimum absolute atomic E-state index is 0.301. The zero-order chi connectivity index (χ0) is 12.4. The second kappa shape index (κ2) is 4.26. The summed E-state index contributed by atoms with van der Waals surface area (Å²) in [5, 5.41) is 3.56. The molecule has 0 bridgehead atoms. The molecule has 0 spiro atoms. The first-order valence-electron chi connectivity index (χ1n) is 4.27. The molecule has 8 heteroatoms. The molecule has 0 aliphatic carbocycles. The molecule has 0 aliphatic heterocycles. The Morgan fingerprint density at radius 2 is 1.94 bits per heavy atom. The van der Waals surface area contributed by atoms with Gasteiger partial charge < -0.3 is 4.74 Å². The van der Waals surface area contributed by atoms with Crippen molar-refractivity contribution in [2.45, 2.75) is 25.1 Å². The molecule has 0 saturated heterocycles. The second-order valence-corrected chi connectivity index (χ2v) is 3.10. The topological polar surface area (TPSA) is 27.1 Å². The van der Waals surface area contributed by atoms with Crippen LogP contribution in [-0.4, -0.2) is 29.0 Å². The highest BCUT2D eigenvalue weighted by Crippen LogP contribution is 2.38. The molecule has 92 valence electrons. The van der Waals surface area contributed by atoms with Crippen LogP contribution in [0, 0.1) is 0 Å². The second-order valence-electron chi connectivity index (χ2n) is 3.10. The Labute approximate surface area is 87.8 Å². The quantitative estimate of drug-likeness (QED) is 0.761. The molecule has 0 saturated carbocycles. The van der Waals surface area contributed by atoms with Crippen molar-refractivity contribution in [1.29, 1.82) is 0 Å². The van der Waals surface area contributed by atoms with Crippen LogP contribution in [0.3, 0.4) is 0 Å². The van der Waals surface area contributed by atoms with Crippen molar-refractivity contribution < 1.29 is 26.7 Å². The van der Waals surface area contributed by atoms with Gasteiger partial charge in [0.2, 0.25) is 0 Å². The number of ether oxygens (including phenoxy) is 1. The number of halogens is 5. The number of nitrogens with zero attached hydrogens (tertiary/aromatic N) is 2. The van der Waals surface area contributed by atoms with Gasteiger partial charge in [-0.15, -0.1) is 0 Å². The highest BCUT2D eigenvalue weighted by molar-refractivity contribution is 5.10. The smallest absolute Gasteiger partial charge is 0.453 e. The lowest BCUT2D eigenvalue weighted by atomic mass is 10.2. The minimum atomic E-state index is -5.52. The highest BCUT2D eigenvalue weighted by atomic mass is 19.4. The summed E-state index contributed by atoms with van der Waals surface area (Å²) >= 11 is 0. The molecule has 0 N–H and O–H groups in total. The van der Waals surface area contributed by atoms with E-state index in [-0.39, 0.29) is 0 Å². The summed E-state index contributed by atoms with van der Waals surface area (Å²) in [6.07, 6.45) is -4.40. The fourth-order valence-corrected chi connectivity index (χ4v) is 0.969. The lowest BCUT2D eigenvalue weighted by molar-refractivity contribution is -0.285. The molecule has 0 aliphatic rings. The van der Waals surface area contributed by atoms with Gasteiger partial charge >= 0.3 is 12.1 Å². The van der Waals surface area contributed by atoms with E-state index in [9.17, 15) is 22.0 Å². The van der Waals surface area contributed by atoms with E-state index >= 15 is 0 Å². The maximum atomic E-state index is 12.5. The Balaban J connectivity index is 2.57. The van der Waals surface area contributed by atoms with Crippen molar-refractivity contribution in [3.8, 4) is 5.75 Å². The van der Waals surface area contributed by atoms with E-state index in [4.69, 9.17) is 4.74 Å². The largest absolute Gasteiger partial charge is 0.493 e. The van der Waals surface area contributed by atoms with Crippen LogP contribution in [0.15, 0.2) is 12.4 Å². The maximum absolute atomic E-state index is 12.5. The molecule has 1 heterocycles. The standard InChI is InChI=1S/C8H9F5N2O/c1-16-6-4-14-15(5-6)3-2-7(9,10)8(11,12)13/h4-5H,2-3H2,1H3. The van der Waals surface area contributed by atoms with Crippen molar-refractivity contribution in [2.75, 3.05) is 7.11 Å². The molecule has 0 aromatic carbocycles. The Morgan fingerprint density at radius 3 is 2.38 bits per heavy atom. The van der Waals surface area contributed by atoms with E-state index in [1.54, 1.807) is 0 Å². The van der Waals surface area contributed by atoms with Gasteiger partial charge in [0.25, 0.3) is 0 Å². The summed E-state index contributed by atoms with van der Waals surface area (Å²) in [5.41, 5.74) is 0. The van der Waals surface area contributed by atoms with Crippen LogP contribution >= 0.6 is 0 Å². The summed E-state index contributed by atoms with van der Waals surface area (Å²) in [6.45, 7) is -0.532. The van der Waals surface area contributed by atoms with Crippen LogP contribution in [0.25, 0.3) is 0 Å². The van der Waals surface area contributed by atoms with Crippen molar-refractivity contribution in [3.63, 3.8) is 0 Å². The SMILES string of the molecule is COc1cnn(CCC(F)(F)C(F)(F)F)c1. The summed E-state index contributed by atoms with van der Waals surface area (Å²) < 4.78 is 66.1. The molecule has 1 aromatic rings. The van der Waals surface area contributed by atoms with Gasteiger partial charge in [0.05, 0.1) is 19.5 Å². The van der Waals surface area contributed by atoms with E-state index in [0.717, 1.165) is 4.68 Å². The Hall–Kier alpha value is -1.34. The predicted molar refractivity (Wildman–Crippen MR) is 44.4 cm³/mol. The lowest BCUT2D eigenvalue weighted by Gasteiger charge is -2.19. The monoisotopic (exact) mass is 244 g/mol. The first-order valence-corrected chi connectivity index (χ1v) is 4.27. The van der Waals surface area contributed by atoms with Crippen LogP contribution in [-0.2, 0) is 6.54 Å². The molecular formula is C8H9F5N2O. The molecule has 0 unspecified atom stereocenters. The van der Waals surface area contributed by atoms with E-state index in [2.05, 4.69) is 5.10 Å². The zero-order valence-corrected chi connectivity index (χ0v) is 8.26. The van der Waals surface area contributed by atoms with E-state index < -0.39 is 25.1 Å². The molecule has 16 heavy (non-hydrogen) atoms. The molecule has 0 fully saturated rings. The molecule has 1 rings (SSSR count). The summed E-state index contributed by atoms with van der Waals surface area (Å²) in [5.74, 6) is -4.40. The predicted octanol–water partition coefficient (Wildman–Crippen LogP) is 2.48. The maximum Gasteiger partial charge on any atom is 0.453 e. The third-order valence-electron chi connectivity index (χ3n) is 1.91. The van der Waals surface area contributed by atoms with Crippen molar-refractivity contribution >= 4 is 0 Å². The van der Waals surface area contributed by atoms with Crippen molar-refractivity contribution in [2.24, 2.45) is 0 Å². The number of aromatic nitrogens is 2. The van der Waals surface area contributed by atoms with Gasteiger partial charge in [-0.2, -0.15) is 27.1 Å². The fourth-order valence-electron chi connectivity index (χ4n) is 0.969. The van der Waals surface area contributed by atoms with Gasteiger partial charge in [-0.1, -0.05) is 0 Å². The summed E-state index contributed by atoms with van der Waals surface area (Å²) in [4.78, 5) is 0. The molecular weight excluding hydrogens is 235 g/mol. The molecule has 3 nitrogen and oxygen atoms in total. The Bertz CT molecular complexity index is 346. The van der Waals surface area contributed by atoms with Gasteiger partial charge in [0.1, 0.15) is 0 Å². The van der Waals surface area contributed by atoms with Crippen LogP contribution in [0.2, 0.25) is 0 Å². The van der Waals surface area contributed by atoms with Gasteiger partial charge in [0, 0.05) is 13.0 Å². The van der Waals surface area contributed by atoms with Gasteiger partial charge in [0.15, 0.2) is 5.75 Å². The first-order chi connectivity index (χ1) is 7.26. The van der Waals surface area contributed by atoms with E-state index in [1.807, 2.05) is 0 Å². The molecule has 0 amide bonds. The van der Waals surface area contributed by atoms with E-state index in [0.29, 0.717) is 5.75 Å². The number of aryl methyl sites for hydroxylation is 1. The van der Waals surface area contributed by atoms with Gasteiger partial charge in [-0.25, -0.2) is 0 Å². The fraction of sp³-hybridized carbons (Fsp3) is 0.625. The minimum Gasteiger partial charge on any atom is -0.493 e. The first kappa shape index (κ1) is 12.7. The van der Waals surface area contributed by atoms with Crippen molar-refractivity contribution in [1.82, 2.24) is 9.78 Å². The Morgan fingerprint density at radius 1 is 1.31 bits per heavy atom. The Kier molecular flexibility index (Phi) is 3.39. The molecule has 1 aromatic heterocycles. The van der Waals surface area contributed by atoms with Crippen LogP contribution in [0.4, 0.5) is 22.0 Å². The number of hydrogen-bond donors (Lipinski definition) is 0. The number of rotatable bonds is 4. The van der Waals surface area contributed by atoms with E-state index in [1.165, 1.54) is 19.5 Å². The molecule has 0 atom stereocenters. The van der Waals surface area contributed by atoms with Crippen LogP contribution in [0.1, 0.15) is 6.42 Å². The zero-order valence-electron chi connectivity index (χ0n) is 8.26. The van der Waals surface area contributed by atoms with Crippen molar-refractivity contribution in [3.05, 3.63) is 12.4 Å². The number of methoxy groups -OCH3 is 1. The molecule has 0 radical (unpaired) electrons. The van der Waals surface area contributed by atoms with Gasteiger partial charge in [-0.3, -0.25) is 4.68 Å². The highest BCUT2D eigenvalue weighted by Gasteiger charge is 2.56. The average Bonchev–Trinajstić information content (AvgIpc) is 2.60. The van der Waals surface area contributed by atoms with Crippen LogP contribution < -0.4 is 4.74 Å². The van der Waals surface area contributed by atoms with Crippen LogP contribution in [0.5, 0.6) is 5.75 Å². The third-order valence-corrected chi connectivity index (χ3v) is 1.91.